The molecule has 7 heteroatoms. The van der Waals surface area contributed by atoms with E-state index in [4.69, 9.17) is 4.42 Å². The number of furan rings is 1. The second-order valence-electron chi connectivity index (χ2n) is 4.80. The molecular formula is C15H14N3O3S-. The number of carbonyl (C=O) groups is 1. The third kappa shape index (κ3) is 2.71. The number of nitrogens with zero attached hydrogens (tertiary/aromatic N) is 2. The zero-order valence-electron chi connectivity index (χ0n) is 11.9. The summed E-state index contributed by atoms with van der Waals surface area (Å²) in [4.78, 5) is 19.6. The second-order valence-corrected chi connectivity index (χ2v) is 5.78. The number of rotatable bonds is 6. The number of carboxylic acids is 1. The molecule has 3 rings (SSSR count). The molecule has 22 heavy (non-hydrogen) atoms. The van der Waals surface area contributed by atoms with E-state index in [1.165, 1.54) is 6.33 Å². The number of hydrogen-bond acceptors (Lipinski definition) is 7. The van der Waals surface area contributed by atoms with Gasteiger partial charge in [-0.1, -0.05) is 12.1 Å². The monoisotopic (exact) mass is 316 g/mol. The number of para-hydroxylation sites is 1. The molecule has 2 heterocycles. The third-order valence-corrected chi connectivity index (χ3v) is 4.01. The van der Waals surface area contributed by atoms with Crippen LogP contribution < -0.4 is 10.4 Å². The summed E-state index contributed by atoms with van der Waals surface area (Å²) in [5.74, 6) is -0.0755. The van der Waals surface area contributed by atoms with E-state index < -0.39 is 12.0 Å². The van der Waals surface area contributed by atoms with Crippen molar-refractivity contribution in [3.05, 3.63) is 30.6 Å². The van der Waals surface area contributed by atoms with Gasteiger partial charge in [0.25, 0.3) is 0 Å². The molecule has 0 spiro atoms. The molecule has 114 valence electrons. The van der Waals surface area contributed by atoms with Crippen molar-refractivity contribution in [3.63, 3.8) is 0 Å². The molecule has 0 unspecified atom stereocenters. The predicted molar refractivity (Wildman–Crippen MR) is 84.7 cm³/mol. The highest BCUT2D eigenvalue weighted by Crippen LogP contribution is 2.30. The van der Waals surface area contributed by atoms with Crippen molar-refractivity contribution in [2.24, 2.45) is 0 Å². The zero-order chi connectivity index (χ0) is 15.5. The Morgan fingerprint density at radius 1 is 1.41 bits per heavy atom. The van der Waals surface area contributed by atoms with Crippen molar-refractivity contribution in [1.82, 2.24) is 9.97 Å². The first-order valence-electron chi connectivity index (χ1n) is 6.79. The van der Waals surface area contributed by atoms with Crippen LogP contribution in [0.1, 0.15) is 6.42 Å². The Morgan fingerprint density at radius 2 is 2.23 bits per heavy atom. The summed E-state index contributed by atoms with van der Waals surface area (Å²) >= 11 is 1.58. The van der Waals surface area contributed by atoms with E-state index in [1.807, 2.05) is 30.5 Å². The lowest BCUT2D eigenvalue weighted by atomic mass is 10.2. The van der Waals surface area contributed by atoms with E-state index in [9.17, 15) is 9.90 Å². The van der Waals surface area contributed by atoms with Crippen molar-refractivity contribution in [2.75, 3.05) is 17.3 Å². The average molecular weight is 316 g/mol. The summed E-state index contributed by atoms with van der Waals surface area (Å²) in [6, 6.07) is 6.69. The van der Waals surface area contributed by atoms with Gasteiger partial charge >= 0.3 is 0 Å². The molecule has 0 radical (unpaired) electrons. The fraction of sp³-hybridized carbons (Fsp3) is 0.267. The molecule has 3 aromatic rings. The van der Waals surface area contributed by atoms with Crippen LogP contribution >= 0.6 is 11.8 Å². The van der Waals surface area contributed by atoms with E-state index >= 15 is 0 Å². The summed E-state index contributed by atoms with van der Waals surface area (Å²) in [7, 11) is 0. The van der Waals surface area contributed by atoms with Crippen LogP contribution in [0.5, 0.6) is 0 Å². The standard InChI is InChI=1S/C15H15N3O3S/c1-22-7-6-10(15(19)20)18-14-13-12(16-8-17-14)9-4-2-3-5-11(9)21-13/h2-5,8,10H,6-7H2,1H3,(H,19,20)(H,16,17,18)/p-1/t10-/m1/s1. The van der Waals surface area contributed by atoms with Crippen LogP contribution in [-0.4, -0.2) is 34.0 Å². The highest BCUT2D eigenvalue weighted by atomic mass is 32.2. The van der Waals surface area contributed by atoms with E-state index in [0.29, 0.717) is 34.7 Å². The van der Waals surface area contributed by atoms with Crippen LogP contribution in [-0.2, 0) is 4.79 Å². The molecule has 0 aliphatic rings. The number of benzene rings is 1. The highest BCUT2D eigenvalue weighted by molar-refractivity contribution is 7.98. The third-order valence-electron chi connectivity index (χ3n) is 3.36. The minimum atomic E-state index is -1.16. The van der Waals surface area contributed by atoms with Crippen LogP contribution in [0, 0.1) is 0 Å². The van der Waals surface area contributed by atoms with Crippen LogP contribution in [0.2, 0.25) is 0 Å². The number of carboxylic acid groups (broad SMARTS) is 1. The van der Waals surface area contributed by atoms with Crippen molar-refractivity contribution < 1.29 is 14.3 Å². The Labute approximate surface area is 130 Å². The molecule has 0 saturated carbocycles. The molecule has 2 aromatic heterocycles. The number of thioether (sulfide) groups is 1. The van der Waals surface area contributed by atoms with Gasteiger partial charge in [0.15, 0.2) is 11.4 Å². The maximum absolute atomic E-state index is 11.3. The summed E-state index contributed by atoms with van der Waals surface area (Å²) in [5.41, 5.74) is 1.81. The topological polar surface area (TPSA) is 91.1 Å². The summed E-state index contributed by atoms with van der Waals surface area (Å²) < 4.78 is 5.76. The number of carbonyl (C=O) groups excluding carboxylic acids is 1. The van der Waals surface area contributed by atoms with Gasteiger partial charge < -0.3 is 19.6 Å². The molecule has 0 aliphatic heterocycles. The Morgan fingerprint density at radius 3 is 3.00 bits per heavy atom. The maximum atomic E-state index is 11.3. The molecule has 0 saturated heterocycles. The fourth-order valence-corrected chi connectivity index (χ4v) is 2.75. The molecule has 6 nitrogen and oxygen atoms in total. The van der Waals surface area contributed by atoms with E-state index in [2.05, 4.69) is 15.3 Å². The van der Waals surface area contributed by atoms with E-state index in [-0.39, 0.29) is 0 Å². The molecule has 0 fully saturated rings. The van der Waals surface area contributed by atoms with Gasteiger partial charge in [-0.2, -0.15) is 11.8 Å². The highest BCUT2D eigenvalue weighted by Gasteiger charge is 2.16. The zero-order valence-corrected chi connectivity index (χ0v) is 12.7. The average Bonchev–Trinajstić information content (AvgIpc) is 2.90. The number of nitrogens with one attached hydrogen (secondary N) is 1. The van der Waals surface area contributed by atoms with Crippen LogP contribution in [0.4, 0.5) is 5.82 Å². The van der Waals surface area contributed by atoms with Crippen LogP contribution in [0.25, 0.3) is 22.1 Å². The number of aromatic nitrogens is 2. The SMILES string of the molecule is CSCC[C@@H](Nc1ncnc2c1oc1ccccc12)C(=O)[O-]. The molecule has 1 N–H and O–H groups in total. The summed E-state index contributed by atoms with van der Waals surface area (Å²) in [6.07, 6.45) is 3.76. The first-order chi connectivity index (χ1) is 10.7. The molecule has 1 aromatic carbocycles. The first-order valence-corrected chi connectivity index (χ1v) is 8.18. The van der Waals surface area contributed by atoms with Crippen molar-refractivity contribution in [3.8, 4) is 0 Å². The fourth-order valence-electron chi connectivity index (χ4n) is 2.28. The van der Waals surface area contributed by atoms with Gasteiger partial charge in [-0.15, -0.1) is 0 Å². The summed E-state index contributed by atoms with van der Waals surface area (Å²) in [5, 5.41) is 15.0. The number of anilines is 1. The molecule has 0 bridgehead atoms. The normalized spacial score (nSPS) is 12.6. The number of fused-ring (bicyclic) bond motifs is 3. The molecule has 0 aliphatic carbocycles. The Kier molecular flexibility index (Phi) is 4.15. The van der Waals surface area contributed by atoms with Crippen molar-refractivity contribution in [2.45, 2.75) is 12.5 Å². The van der Waals surface area contributed by atoms with Crippen molar-refractivity contribution in [1.29, 1.82) is 0 Å². The lowest BCUT2D eigenvalue weighted by molar-refractivity contribution is -0.306. The quantitative estimate of drug-likeness (QED) is 0.739. The second kappa shape index (κ2) is 6.23. The van der Waals surface area contributed by atoms with Gasteiger partial charge in [0.2, 0.25) is 0 Å². The minimum Gasteiger partial charge on any atom is -0.548 e. The smallest absolute Gasteiger partial charge is 0.196 e. The summed E-state index contributed by atoms with van der Waals surface area (Å²) in [6.45, 7) is 0. The largest absolute Gasteiger partial charge is 0.548 e. The van der Waals surface area contributed by atoms with Gasteiger partial charge in [0, 0.05) is 5.39 Å². The van der Waals surface area contributed by atoms with Crippen LogP contribution in [0.3, 0.4) is 0 Å². The van der Waals surface area contributed by atoms with Gasteiger partial charge in [-0.05, 0) is 30.6 Å². The Bertz CT molecular complexity index is 818. The molecular weight excluding hydrogens is 302 g/mol. The Hall–Kier alpha value is -2.28. The van der Waals surface area contributed by atoms with Gasteiger partial charge in [-0.25, -0.2) is 9.97 Å². The predicted octanol–water partition coefficient (Wildman–Crippen LogP) is 1.66. The van der Waals surface area contributed by atoms with E-state index in [1.54, 1.807) is 11.8 Å². The lowest BCUT2D eigenvalue weighted by Gasteiger charge is -2.19. The number of aliphatic carboxylic acids is 1. The molecule has 1 atom stereocenters. The Balaban J connectivity index is 2.01. The maximum Gasteiger partial charge on any atom is 0.196 e. The van der Waals surface area contributed by atoms with Gasteiger partial charge in [-0.3, -0.25) is 0 Å². The lowest BCUT2D eigenvalue weighted by Crippen LogP contribution is -2.41. The van der Waals surface area contributed by atoms with E-state index in [0.717, 1.165) is 5.39 Å². The van der Waals surface area contributed by atoms with Crippen LogP contribution in [0.15, 0.2) is 35.0 Å². The van der Waals surface area contributed by atoms with Gasteiger partial charge in [0.1, 0.15) is 17.4 Å². The number of hydrogen-bond donors (Lipinski definition) is 1. The van der Waals surface area contributed by atoms with Crippen molar-refractivity contribution >= 4 is 45.6 Å². The first kappa shape index (κ1) is 14.6. The molecule has 0 amide bonds. The van der Waals surface area contributed by atoms with Gasteiger partial charge in [0.05, 0.1) is 12.0 Å². The minimum absolute atomic E-state index is 0.372.